The molecule has 0 aromatic heterocycles. The summed E-state index contributed by atoms with van der Waals surface area (Å²) in [7, 11) is 0. The lowest BCUT2D eigenvalue weighted by atomic mass is 10.2. The van der Waals surface area contributed by atoms with E-state index < -0.39 is 6.10 Å². The Morgan fingerprint density at radius 2 is 1.58 bits per heavy atom. The fraction of sp³-hybridized carbons (Fsp3) is 0.400. The Kier molecular flexibility index (Phi) is 6.24. The van der Waals surface area contributed by atoms with Crippen LogP contribution >= 0.6 is 0 Å². The number of nitrogens with one attached hydrogen (secondary N) is 1. The van der Waals surface area contributed by atoms with Crippen LogP contribution in [-0.4, -0.2) is 50.5 Å². The Balaban J connectivity index is 1.35. The molecule has 2 N–H and O–H groups in total. The summed E-state index contributed by atoms with van der Waals surface area (Å²) in [5.41, 5.74) is 2.44. The Hall–Kier alpha value is -1.88. The van der Waals surface area contributed by atoms with Crippen molar-refractivity contribution < 1.29 is 14.7 Å². The quantitative estimate of drug-likeness (QED) is 0.796. The number of piperazine rings is 1. The lowest BCUT2D eigenvalue weighted by Gasteiger charge is -2.34. The van der Waals surface area contributed by atoms with Gasteiger partial charge in [0.2, 0.25) is 0 Å². The van der Waals surface area contributed by atoms with Crippen LogP contribution in [0.25, 0.3) is 0 Å². The van der Waals surface area contributed by atoms with E-state index in [1.807, 2.05) is 30.3 Å². The Labute approximate surface area is 144 Å². The molecule has 0 amide bonds. The monoisotopic (exact) mass is 327 g/mol. The molecule has 1 aliphatic heterocycles. The zero-order valence-electron chi connectivity index (χ0n) is 14.1. The van der Waals surface area contributed by atoms with Crippen molar-refractivity contribution >= 4 is 5.69 Å². The molecule has 0 spiro atoms. The molecule has 128 valence electrons. The lowest BCUT2D eigenvalue weighted by molar-refractivity contribution is -0.903. The summed E-state index contributed by atoms with van der Waals surface area (Å²) < 4.78 is 5.64. The van der Waals surface area contributed by atoms with Crippen LogP contribution in [0.4, 0.5) is 5.69 Å². The molecule has 4 nitrogen and oxygen atoms in total. The molecule has 1 aliphatic rings. The zero-order valence-corrected chi connectivity index (χ0v) is 14.1. The predicted octanol–water partition coefficient (Wildman–Crippen LogP) is 0.969. The van der Waals surface area contributed by atoms with E-state index in [4.69, 9.17) is 4.74 Å². The van der Waals surface area contributed by atoms with Crippen molar-refractivity contribution in [2.75, 3.05) is 44.2 Å². The highest BCUT2D eigenvalue weighted by molar-refractivity contribution is 5.46. The number of anilines is 1. The highest BCUT2D eigenvalue weighted by Crippen LogP contribution is 2.12. The SMILES string of the molecule is O[C@H](COCc1ccccc1)C[NH+]1CCN(c2ccccc2)CC1. The fourth-order valence-corrected chi connectivity index (χ4v) is 3.20. The molecular formula is C20H27N2O2+. The van der Waals surface area contributed by atoms with E-state index in [0.29, 0.717) is 13.2 Å². The van der Waals surface area contributed by atoms with Gasteiger partial charge in [-0.15, -0.1) is 0 Å². The molecule has 1 heterocycles. The second kappa shape index (κ2) is 8.83. The van der Waals surface area contributed by atoms with Crippen LogP contribution in [0, 0.1) is 0 Å². The van der Waals surface area contributed by atoms with Crippen LogP contribution in [-0.2, 0) is 11.3 Å². The van der Waals surface area contributed by atoms with Gasteiger partial charge >= 0.3 is 0 Å². The first-order valence-corrected chi connectivity index (χ1v) is 8.74. The minimum atomic E-state index is -0.396. The standard InChI is InChI=1S/C20H26N2O2/c23-20(17-24-16-18-7-3-1-4-8-18)15-21-11-13-22(14-12-21)19-9-5-2-6-10-19/h1-10,20,23H,11-17H2/p+1/t20-/m0/s1. The number of rotatable bonds is 7. The molecule has 1 atom stereocenters. The molecule has 2 aromatic carbocycles. The van der Waals surface area contributed by atoms with E-state index in [0.717, 1.165) is 38.3 Å². The van der Waals surface area contributed by atoms with Crippen molar-refractivity contribution in [1.82, 2.24) is 0 Å². The van der Waals surface area contributed by atoms with E-state index in [1.54, 1.807) is 0 Å². The number of benzene rings is 2. The summed E-state index contributed by atoms with van der Waals surface area (Å²) in [5.74, 6) is 0. The first-order valence-electron chi connectivity index (χ1n) is 8.74. The van der Waals surface area contributed by atoms with Crippen LogP contribution in [0.5, 0.6) is 0 Å². The zero-order chi connectivity index (χ0) is 16.6. The number of hydrogen-bond acceptors (Lipinski definition) is 3. The molecule has 0 bridgehead atoms. The van der Waals surface area contributed by atoms with Gasteiger partial charge in [0.1, 0.15) is 12.6 Å². The minimum absolute atomic E-state index is 0.396. The third-order valence-electron chi connectivity index (χ3n) is 4.54. The summed E-state index contributed by atoms with van der Waals surface area (Å²) in [5, 5.41) is 10.2. The Bertz CT molecular complexity index is 583. The van der Waals surface area contributed by atoms with Gasteiger partial charge in [0, 0.05) is 5.69 Å². The number of aliphatic hydroxyl groups excluding tert-OH is 1. The number of quaternary nitrogens is 1. The summed E-state index contributed by atoms with van der Waals surface area (Å²) >= 11 is 0. The Morgan fingerprint density at radius 3 is 2.25 bits per heavy atom. The van der Waals surface area contributed by atoms with Crippen molar-refractivity contribution in [3.63, 3.8) is 0 Å². The number of para-hydroxylation sites is 1. The van der Waals surface area contributed by atoms with Gasteiger partial charge in [-0.2, -0.15) is 0 Å². The van der Waals surface area contributed by atoms with Crippen LogP contribution in [0.2, 0.25) is 0 Å². The van der Waals surface area contributed by atoms with Crippen LogP contribution in [0.1, 0.15) is 5.56 Å². The number of ether oxygens (including phenoxy) is 1. The second-order valence-electron chi connectivity index (χ2n) is 6.43. The summed E-state index contributed by atoms with van der Waals surface area (Å²) in [6, 6.07) is 20.6. The van der Waals surface area contributed by atoms with Crippen molar-refractivity contribution in [3.8, 4) is 0 Å². The maximum absolute atomic E-state index is 10.2. The maximum Gasteiger partial charge on any atom is 0.126 e. The maximum atomic E-state index is 10.2. The van der Waals surface area contributed by atoms with E-state index in [2.05, 4.69) is 35.2 Å². The van der Waals surface area contributed by atoms with Gasteiger partial charge in [-0.3, -0.25) is 0 Å². The molecule has 0 saturated carbocycles. The van der Waals surface area contributed by atoms with Gasteiger partial charge in [-0.25, -0.2) is 0 Å². The third kappa shape index (κ3) is 5.06. The average Bonchev–Trinajstić information content (AvgIpc) is 2.64. The fourth-order valence-electron chi connectivity index (χ4n) is 3.20. The molecule has 0 unspecified atom stereocenters. The van der Waals surface area contributed by atoms with Crippen molar-refractivity contribution in [2.24, 2.45) is 0 Å². The normalized spacial score (nSPS) is 17.0. The van der Waals surface area contributed by atoms with Crippen LogP contribution in [0.3, 0.4) is 0 Å². The minimum Gasteiger partial charge on any atom is -0.385 e. The van der Waals surface area contributed by atoms with E-state index in [-0.39, 0.29) is 0 Å². The topological polar surface area (TPSA) is 37.1 Å². The second-order valence-corrected chi connectivity index (χ2v) is 6.43. The van der Waals surface area contributed by atoms with E-state index >= 15 is 0 Å². The third-order valence-corrected chi connectivity index (χ3v) is 4.54. The lowest BCUT2D eigenvalue weighted by Crippen LogP contribution is -3.16. The van der Waals surface area contributed by atoms with E-state index in [1.165, 1.54) is 10.6 Å². The van der Waals surface area contributed by atoms with Gasteiger partial charge in [0.25, 0.3) is 0 Å². The smallest absolute Gasteiger partial charge is 0.126 e. The number of hydrogen-bond donors (Lipinski definition) is 2. The number of aliphatic hydroxyl groups is 1. The molecule has 4 heteroatoms. The van der Waals surface area contributed by atoms with Crippen LogP contribution in [0.15, 0.2) is 60.7 Å². The predicted molar refractivity (Wildman–Crippen MR) is 96.3 cm³/mol. The van der Waals surface area contributed by atoms with Gasteiger partial charge in [-0.1, -0.05) is 48.5 Å². The molecule has 1 saturated heterocycles. The average molecular weight is 327 g/mol. The highest BCUT2D eigenvalue weighted by atomic mass is 16.5. The van der Waals surface area contributed by atoms with Crippen LogP contribution < -0.4 is 9.80 Å². The molecule has 1 fully saturated rings. The highest BCUT2D eigenvalue weighted by Gasteiger charge is 2.22. The molecule has 0 aliphatic carbocycles. The largest absolute Gasteiger partial charge is 0.385 e. The molecule has 3 rings (SSSR count). The van der Waals surface area contributed by atoms with Gasteiger partial charge < -0.3 is 19.6 Å². The summed E-state index contributed by atoms with van der Waals surface area (Å²) in [6.45, 7) is 5.93. The van der Waals surface area contributed by atoms with E-state index in [9.17, 15) is 5.11 Å². The van der Waals surface area contributed by atoms with Gasteiger partial charge in [0.15, 0.2) is 0 Å². The van der Waals surface area contributed by atoms with Gasteiger partial charge in [0.05, 0.1) is 39.4 Å². The molecular weight excluding hydrogens is 300 g/mol. The molecule has 24 heavy (non-hydrogen) atoms. The molecule has 2 aromatic rings. The first kappa shape index (κ1) is 17.0. The number of nitrogens with zero attached hydrogens (tertiary/aromatic N) is 1. The van der Waals surface area contributed by atoms with Crippen molar-refractivity contribution in [3.05, 3.63) is 66.2 Å². The first-order chi connectivity index (χ1) is 11.8. The van der Waals surface area contributed by atoms with Crippen molar-refractivity contribution in [2.45, 2.75) is 12.7 Å². The summed E-state index contributed by atoms with van der Waals surface area (Å²) in [6.07, 6.45) is -0.396. The summed E-state index contributed by atoms with van der Waals surface area (Å²) in [4.78, 5) is 3.87. The Morgan fingerprint density at radius 1 is 0.958 bits per heavy atom. The van der Waals surface area contributed by atoms with Crippen molar-refractivity contribution in [1.29, 1.82) is 0 Å². The molecule has 0 radical (unpaired) electrons. The van der Waals surface area contributed by atoms with Gasteiger partial charge in [-0.05, 0) is 17.7 Å².